The van der Waals surface area contributed by atoms with E-state index in [9.17, 15) is 19.1 Å². The van der Waals surface area contributed by atoms with Crippen LogP contribution in [0.4, 0.5) is 10.1 Å². The average molecular weight is 544 g/mol. The summed E-state index contributed by atoms with van der Waals surface area (Å²) < 4.78 is 15.2. The minimum atomic E-state index is -1.12. The van der Waals surface area contributed by atoms with Crippen LogP contribution in [0.3, 0.4) is 0 Å². The Kier molecular flexibility index (Phi) is 6.45. The van der Waals surface area contributed by atoms with E-state index < -0.39 is 17.7 Å². The van der Waals surface area contributed by atoms with E-state index in [4.69, 9.17) is 5.11 Å². The number of benzene rings is 2. The molecule has 150 valence electrons. The molecule has 0 radical (unpaired) electrons. The van der Waals surface area contributed by atoms with Crippen LogP contribution in [-0.4, -0.2) is 27.3 Å². The molecule has 2 aromatic carbocycles. The van der Waals surface area contributed by atoms with Crippen molar-refractivity contribution in [1.29, 1.82) is 0 Å². The van der Waals surface area contributed by atoms with Crippen LogP contribution in [0.1, 0.15) is 24.0 Å². The average Bonchev–Trinajstić information content (AvgIpc) is 2.98. The lowest BCUT2D eigenvalue weighted by molar-refractivity contribution is -0.138. The van der Waals surface area contributed by atoms with Crippen molar-refractivity contribution in [1.82, 2.24) is 5.32 Å². The summed E-state index contributed by atoms with van der Waals surface area (Å²) >= 11 is 7.56. The number of phenolic OH excluding ortho intramolecular Hbond substituents is 1. The normalized spacial score (nSPS) is 17.6. The summed E-state index contributed by atoms with van der Waals surface area (Å²) in [4.78, 5) is 27.8. The van der Waals surface area contributed by atoms with Crippen molar-refractivity contribution < 1.29 is 24.2 Å². The highest BCUT2D eigenvalue weighted by molar-refractivity contribution is 9.11. The molecule has 3 rings (SSSR count). The molecule has 1 amide bonds. The number of amides is 1. The molecule has 29 heavy (non-hydrogen) atoms. The number of hydrogen-bond acceptors (Lipinski definition) is 5. The van der Waals surface area contributed by atoms with Crippen LogP contribution in [0.5, 0.6) is 5.75 Å². The van der Waals surface area contributed by atoms with Gasteiger partial charge in [0.05, 0.1) is 25.5 Å². The molecule has 1 heterocycles. The zero-order chi connectivity index (χ0) is 21.3. The van der Waals surface area contributed by atoms with Gasteiger partial charge in [-0.2, -0.15) is 0 Å². The Bertz CT molecular complexity index is 1060. The van der Waals surface area contributed by atoms with Crippen molar-refractivity contribution in [3.8, 4) is 5.75 Å². The number of nitrogens with one attached hydrogen (secondary N) is 1. The number of aromatic hydroxyl groups is 1. The number of aliphatic imine (C=N–C) groups is 1. The first-order valence-electron chi connectivity index (χ1n) is 8.15. The predicted octanol–water partition coefficient (Wildman–Crippen LogP) is 5.14. The third kappa shape index (κ3) is 4.88. The molecule has 0 spiro atoms. The SMILES string of the molecule is CC(C(=O)O)c1ccc(N=C2NC(=O)/C(=C/c3cc(Br)c(O)c(Br)c3)S2)cc1F. The van der Waals surface area contributed by atoms with E-state index in [1.165, 1.54) is 19.1 Å². The van der Waals surface area contributed by atoms with E-state index in [1.807, 2.05) is 0 Å². The lowest BCUT2D eigenvalue weighted by Crippen LogP contribution is -2.19. The van der Waals surface area contributed by atoms with Crippen molar-refractivity contribution in [3.63, 3.8) is 0 Å². The second kappa shape index (κ2) is 8.68. The number of hydrogen-bond donors (Lipinski definition) is 3. The van der Waals surface area contributed by atoms with Crippen LogP contribution in [0.25, 0.3) is 6.08 Å². The first kappa shape index (κ1) is 21.5. The van der Waals surface area contributed by atoms with Crippen molar-refractivity contribution in [3.05, 3.63) is 61.1 Å². The number of amidine groups is 1. The smallest absolute Gasteiger partial charge is 0.310 e. The van der Waals surface area contributed by atoms with Gasteiger partial charge >= 0.3 is 5.97 Å². The maximum atomic E-state index is 14.2. The minimum absolute atomic E-state index is 0.0561. The molecule has 3 N–H and O–H groups in total. The number of carboxylic acid groups (broad SMARTS) is 1. The van der Waals surface area contributed by atoms with Gasteiger partial charge in [-0.3, -0.25) is 9.59 Å². The maximum absolute atomic E-state index is 14.2. The number of halogens is 3. The van der Waals surface area contributed by atoms with Crippen LogP contribution >= 0.6 is 43.6 Å². The number of carbonyl (C=O) groups excluding carboxylic acids is 1. The summed E-state index contributed by atoms with van der Waals surface area (Å²) in [6, 6.07) is 7.32. The second-order valence-corrected chi connectivity index (χ2v) is 8.82. The second-order valence-electron chi connectivity index (χ2n) is 6.08. The Morgan fingerprint density at radius 3 is 2.52 bits per heavy atom. The Morgan fingerprint density at radius 2 is 1.93 bits per heavy atom. The van der Waals surface area contributed by atoms with Gasteiger partial charge in [-0.15, -0.1) is 0 Å². The Balaban J connectivity index is 1.84. The Labute approximate surface area is 186 Å². The molecular formula is C19H13Br2FN2O4S. The van der Waals surface area contributed by atoms with Crippen LogP contribution in [0.15, 0.2) is 49.2 Å². The topological polar surface area (TPSA) is 99.0 Å². The van der Waals surface area contributed by atoms with Gasteiger partial charge in [0.1, 0.15) is 11.6 Å². The fraction of sp³-hybridized carbons (Fsp3) is 0.105. The maximum Gasteiger partial charge on any atom is 0.310 e. The van der Waals surface area contributed by atoms with E-state index in [0.29, 0.717) is 19.4 Å². The third-order valence-electron chi connectivity index (χ3n) is 4.04. The lowest BCUT2D eigenvalue weighted by atomic mass is 10.0. The molecule has 1 saturated heterocycles. The van der Waals surface area contributed by atoms with E-state index in [-0.39, 0.29) is 28.1 Å². The number of aliphatic carboxylic acids is 1. The quantitative estimate of drug-likeness (QED) is 0.464. The molecule has 10 heteroatoms. The number of thioether (sulfide) groups is 1. The molecule has 1 unspecified atom stereocenters. The van der Waals surface area contributed by atoms with E-state index >= 15 is 0 Å². The molecular weight excluding hydrogens is 531 g/mol. The first-order chi connectivity index (χ1) is 13.7. The first-order valence-corrected chi connectivity index (χ1v) is 10.6. The zero-order valence-electron chi connectivity index (χ0n) is 14.7. The highest BCUT2D eigenvalue weighted by Gasteiger charge is 2.24. The molecule has 0 saturated carbocycles. The molecule has 1 aliphatic rings. The standard InChI is InChI=1S/C19H13Br2FN2O4S/c1-8(18(27)28)11-3-2-10(7-14(11)22)23-19-24-17(26)15(29-19)6-9-4-12(20)16(25)13(21)5-9/h2-8,25H,1H3,(H,27,28)(H,23,24,26)/b15-6-. The van der Waals surface area contributed by atoms with Crippen molar-refractivity contribution in [2.75, 3.05) is 0 Å². The lowest BCUT2D eigenvalue weighted by Gasteiger charge is -2.08. The summed E-state index contributed by atoms with van der Waals surface area (Å²) in [6.45, 7) is 1.40. The molecule has 0 aromatic heterocycles. The molecule has 0 bridgehead atoms. The van der Waals surface area contributed by atoms with Gasteiger partial charge in [0, 0.05) is 5.56 Å². The van der Waals surface area contributed by atoms with E-state index in [1.54, 1.807) is 18.2 Å². The van der Waals surface area contributed by atoms with Crippen molar-refractivity contribution >= 4 is 72.4 Å². The number of carboxylic acids is 1. The monoisotopic (exact) mass is 542 g/mol. The van der Waals surface area contributed by atoms with Crippen molar-refractivity contribution in [2.45, 2.75) is 12.8 Å². The van der Waals surface area contributed by atoms with Gasteiger partial charge in [0.15, 0.2) is 5.17 Å². The Hall–Kier alpha value is -2.17. The summed E-state index contributed by atoms with van der Waals surface area (Å²) in [7, 11) is 0. The number of carbonyl (C=O) groups is 2. The summed E-state index contributed by atoms with van der Waals surface area (Å²) in [5, 5.41) is 21.7. The summed E-state index contributed by atoms with van der Waals surface area (Å²) in [6.07, 6.45) is 1.63. The van der Waals surface area contributed by atoms with Crippen LogP contribution in [-0.2, 0) is 9.59 Å². The van der Waals surface area contributed by atoms with Gasteiger partial charge < -0.3 is 15.5 Å². The van der Waals surface area contributed by atoms with Gasteiger partial charge in [-0.05, 0) is 86.5 Å². The fourth-order valence-electron chi connectivity index (χ4n) is 2.49. The highest BCUT2D eigenvalue weighted by Crippen LogP contribution is 2.35. The number of phenols is 1. The van der Waals surface area contributed by atoms with E-state index in [0.717, 1.165) is 17.8 Å². The van der Waals surface area contributed by atoms with Crippen molar-refractivity contribution in [2.24, 2.45) is 4.99 Å². The molecule has 1 atom stereocenters. The highest BCUT2D eigenvalue weighted by atomic mass is 79.9. The Morgan fingerprint density at radius 1 is 1.28 bits per heavy atom. The molecule has 2 aromatic rings. The number of rotatable bonds is 4. The van der Waals surface area contributed by atoms with Crippen LogP contribution in [0.2, 0.25) is 0 Å². The third-order valence-corrected chi connectivity index (χ3v) is 6.16. The van der Waals surface area contributed by atoms with Gasteiger partial charge in [0.2, 0.25) is 0 Å². The van der Waals surface area contributed by atoms with E-state index in [2.05, 4.69) is 42.2 Å². The molecule has 1 fully saturated rings. The van der Waals surface area contributed by atoms with Crippen LogP contribution in [0, 0.1) is 5.82 Å². The largest absolute Gasteiger partial charge is 0.506 e. The molecule has 1 aliphatic heterocycles. The number of nitrogens with zero attached hydrogens (tertiary/aromatic N) is 1. The molecule has 0 aliphatic carbocycles. The van der Waals surface area contributed by atoms with Crippen LogP contribution < -0.4 is 5.32 Å². The molecule has 6 nitrogen and oxygen atoms in total. The van der Waals surface area contributed by atoms with Gasteiger partial charge in [0.25, 0.3) is 5.91 Å². The van der Waals surface area contributed by atoms with Gasteiger partial charge in [-0.1, -0.05) is 6.07 Å². The predicted molar refractivity (Wildman–Crippen MR) is 117 cm³/mol. The fourth-order valence-corrected chi connectivity index (χ4v) is 4.55. The zero-order valence-corrected chi connectivity index (χ0v) is 18.7. The summed E-state index contributed by atoms with van der Waals surface area (Å²) in [5.41, 5.74) is 0.996. The van der Waals surface area contributed by atoms with Gasteiger partial charge in [-0.25, -0.2) is 9.38 Å². The summed E-state index contributed by atoms with van der Waals surface area (Å²) in [5.74, 6) is -3.07. The minimum Gasteiger partial charge on any atom is -0.506 e.